The molecule has 0 radical (unpaired) electrons. The van der Waals surface area contributed by atoms with Crippen LogP contribution in [0, 0.1) is 0 Å². The number of hydrogen-bond acceptors (Lipinski definition) is 5. The van der Waals surface area contributed by atoms with Crippen molar-refractivity contribution in [2.24, 2.45) is 0 Å². The highest BCUT2D eigenvalue weighted by molar-refractivity contribution is 6.34. The Bertz CT molecular complexity index is 945. The number of nitrogens with one attached hydrogen (secondary N) is 1. The zero-order valence-electron chi connectivity index (χ0n) is 15.3. The van der Waals surface area contributed by atoms with Gasteiger partial charge in [0, 0.05) is 37.9 Å². The molecule has 0 aliphatic rings. The van der Waals surface area contributed by atoms with E-state index in [1.54, 1.807) is 41.8 Å². The molecule has 1 N–H and O–H groups in total. The van der Waals surface area contributed by atoms with Crippen LogP contribution in [0.4, 0.5) is 5.69 Å². The lowest BCUT2D eigenvalue weighted by molar-refractivity contribution is -0.135. The number of carbonyl (C=O) groups is 2. The van der Waals surface area contributed by atoms with Gasteiger partial charge in [0.05, 0.1) is 5.69 Å². The number of nitrogens with zero attached hydrogens (tertiary/aromatic N) is 4. The fourth-order valence-electron chi connectivity index (χ4n) is 2.61. The van der Waals surface area contributed by atoms with Crippen LogP contribution in [0.25, 0.3) is 0 Å². The Morgan fingerprint density at radius 1 is 0.931 bits per heavy atom. The number of anilines is 1. The second kappa shape index (κ2) is 9.95. The third kappa shape index (κ3) is 6.23. The maximum atomic E-state index is 12.8. The van der Waals surface area contributed by atoms with E-state index in [1.807, 2.05) is 12.1 Å². The maximum absolute atomic E-state index is 12.8. The lowest BCUT2D eigenvalue weighted by Crippen LogP contribution is -2.33. The van der Waals surface area contributed by atoms with Crippen LogP contribution in [0.1, 0.15) is 17.5 Å². The van der Waals surface area contributed by atoms with Crippen LogP contribution in [-0.2, 0) is 22.7 Å². The van der Waals surface area contributed by atoms with E-state index < -0.39 is 5.91 Å². The Balaban J connectivity index is 1.70. The van der Waals surface area contributed by atoms with Gasteiger partial charge in [-0.1, -0.05) is 35.3 Å². The molecule has 0 aliphatic heterocycles. The predicted octanol–water partition coefficient (Wildman–Crippen LogP) is 3.74. The Labute approximate surface area is 177 Å². The predicted molar refractivity (Wildman–Crippen MR) is 110 cm³/mol. The molecule has 0 spiro atoms. The standard InChI is InChI=1S/C20H17Cl2N5O2/c21-17-6-5-16(20(22)26-17)25-18(28)9-19(29)27(12-14-3-1-7-23-10-14)13-15-4-2-8-24-11-15/h1-8,10-11H,9,12-13H2,(H,25,28). The summed E-state index contributed by atoms with van der Waals surface area (Å²) in [4.78, 5) is 38.8. The molecule has 3 aromatic heterocycles. The third-order valence-electron chi connectivity index (χ3n) is 3.95. The third-order valence-corrected chi connectivity index (χ3v) is 4.44. The molecule has 3 rings (SSSR count). The van der Waals surface area contributed by atoms with E-state index >= 15 is 0 Å². The highest BCUT2D eigenvalue weighted by Gasteiger charge is 2.19. The van der Waals surface area contributed by atoms with Crippen LogP contribution >= 0.6 is 23.2 Å². The minimum absolute atomic E-state index is 0.0564. The monoisotopic (exact) mass is 429 g/mol. The van der Waals surface area contributed by atoms with Crippen molar-refractivity contribution in [3.05, 3.63) is 82.6 Å². The second-order valence-corrected chi connectivity index (χ2v) is 6.91. The summed E-state index contributed by atoms with van der Waals surface area (Å²) >= 11 is 11.7. The van der Waals surface area contributed by atoms with Crippen molar-refractivity contribution in [3.63, 3.8) is 0 Å². The van der Waals surface area contributed by atoms with Gasteiger partial charge in [-0.05, 0) is 35.4 Å². The molecule has 0 saturated heterocycles. The molecular weight excluding hydrogens is 413 g/mol. The molecular formula is C20H17Cl2N5O2. The van der Waals surface area contributed by atoms with E-state index in [2.05, 4.69) is 20.3 Å². The number of amides is 2. The smallest absolute Gasteiger partial charge is 0.233 e. The molecule has 9 heteroatoms. The summed E-state index contributed by atoms with van der Waals surface area (Å²) in [6.45, 7) is 0.635. The highest BCUT2D eigenvalue weighted by Crippen LogP contribution is 2.21. The van der Waals surface area contributed by atoms with Gasteiger partial charge in [0.25, 0.3) is 0 Å². The summed E-state index contributed by atoms with van der Waals surface area (Å²) in [6.07, 6.45) is 6.34. The second-order valence-electron chi connectivity index (χ2n) is 6.17. The van der Waals surface area contributed by atoms with Gasteiger partial charge in [0.2, 0.25) is 11.8 Å². The summed E-state index contributed by atoms with van der Waals surface area (Å²) in [7, 11) is 0. The summed E-state index contributed by atoms with van der Waals surface area (Å²) < 4.78 is 0. The summed E-state index contributed by atoms with van der Waals surface area (Å²) in [5.41, 5.74) is 2.00. The molecule has 0 saturated carbocycles. The highest BCUT2D eigenvalue weighted by atomic mass is 35.5. The first kappa shape index (κ1) is 20.7. The fourth-order valence-corrected chi connectivity index (χ4v) is 3.00. The molecule has 0 fully saturated rings. The quantitative estimate of drug-likeness (QED) is 0.456. The zero-order chi connectivity index (χ0) is 20.6. The summed E-state index contributed by atoms with van der Waals surface area (Å²) in [5.74, 6) is -0.836. The molecule has 0 bridgehead atoms. The van der Waals surface area contributed by atoms with E-state index in [-0.39, 0.29) is 22.6 Å². The van der Waals surface area contributed by atoms with Gasteiger partial charge in [-0.3, -0.25) is 19.6 Å². The molecule has 0 aromatic carbocycles. The van der Waals surface area contributed by atoms with Gasteiger partial charge in [0.1, 0.15) is 11.6 Å². The molecule has 7 nitrogen and oxygen atoms in total. The van der Waals surface area contributed by atoms with Crippen LogP contribution in [0.2, 0.25) is 10.3 Å². The largest absolute Gasteiger partial charge is 0.333 e. The first-order valence-electron chi connectivity index (χ1n) is 8.69. The average Bonchev–Trinajstić information content (AvgIpc) is 2.71. The Morgan fingerprint density at radius 3 is 2.07 bits per heavy atom. The van der Waals surface area contributed by atoms with E-state index in [1.165, 1.54) is 12.1 Å². The fraction of sp³-hybridized carbons (Fsp3) is 0.150. The Hall–Kier alpha value is -3.03. The normalized spacial score (nSPS) is 10.4. The van der Waals surface area contributed by atoms with Gasteiger partial charge in [0.15, 0.2) is 5.15 Å². The van der Waals surface area contributed by atoms with Crippen molar-refractivity contribution in [2.75, 3.05) is 5.32 Å². The van der Waals surface area contributed by atoms with E-state index in [4.69, 9.17) is 23.2 Å². The van der Waals surface area contributed by atoms with Crippen molar-refractivity contribution in [2.45, 2.75) is 19.5 Å². The van der Waals surface area contributed by atoms with E-state index in [0.29, 0.717) is 18.8 Å². The van der Waals surface area contributed by atoms with E-state index in [0.717, 1.165) is 11.1 Å². The van der Waals surface area contributed by atoms with Crippen LogP contribution in [0.5, 0.6) is 0 Å². The first-order chi connectivity index (χ1) is 14.0. The summed E-state index contributed by atoms with van der Waals surface area (Å²) in [5, 5.41) is 2.85. The zero-order valence-corrected chi connectivity index (χ0v) is 16.8. The lowest BCUT2D eigenvalue weighted by atomic mass is 10.2. The molecule has 0 unspecified atom stereocenters. The molecule has 29 heavy (non-hydrogen) atoms. The van der Waals surface area contributed by atoms with Crippen molar-refractivity contribution in [1.82, 2.24) is 19.9 Å². The van der Waals surface area contributed by atoms with Crippen molar-refractivity contribution in [3.8, 4) is 0 Å². The first-order valence-corrected chi connectivity index (χ1v) is 9.44. The molecule has 2 amide bonds. The SMILES string of the molecule is O=C(CC(=O)N(Cc1cccnc1)Cc1cccnc1)Nc1ccc(Cl)nc1Cl. The number of halogens is 2. The molecule has 3 aromatic rings. The summed E-state index contributed by atoms with van der Waals surface area (Å²) in [6, 6.07) is 10.4. The minimum atomic E-state index is -0.497. The van der Waals surface area contributed by atoms with Crippen LogP contribution in [-0.4, -0.2) is 31.7 Å². The average molecular weight is 430 g/mol. The van der Waals surface area contributed by atoms with Crippen LogP contribution in [0.3, 0.4) is 0 Å². The number of pyridine rings is 3. The molecule has 0 aliphatic carbocycles. The van der Waals surface area contributed by atoms with Crippen molar-refractivity contribution >= 4 is 40.7 Å². The van der Waals surface area contributed by atoms with Gasteiger partial charge in [-0.15, -0.1) is 0 Å². The Kier molecular flexibility index (Phi) is 7.10. The lowest BCUT2D eigenvalue weighted by Gasteiger charge is -2.22. The Morgan fingerprint density at radius 2 is 1.55 bits per heavy atom. The number of carbonyl (C=O) groups excluding carboxylic acids is 2. The van der Waals surface area contributed by atoms with Gasteiger partial charge in [-0.25, -0.2) is 4.98 Å². The van der Waals surface area contributed by atoms with Crippen LogP contribution in [0.15, 0.2) is 61.2 Å². The number of rotatable bonds is 7. The molecule has 0 atom stereocenters. The van der Waals surface area contributed by atoms with Gasteiger partial charge in [-0.2, -0.15) is 0 Å². The number of aromatic nitrogens is 3. The van der Waals surface area contributed by atoms with Crippen molar-refractivity contribution in [1.29, 1.82) is 0 Å². The molecule has 148 valence electrons. The number of hydrogen-bond donors (Lipinski definition) is 1. The van der Waals surface area contributed by atoms with Crippen LogP contribution < -0.4 is 5.32 Å². The van der Waals surface area contributed by atoms with E-state index in [9.17, 15) is 9.59 Å². The minimum Gasteiger partial charge on any atom is -0.333 e. The van der Waals surface area contributed by atoms with Crippen molar-refractivity contribution < 1.29 is 9.59 Å². The topological polar surface area (TPSA) is 88.1 Å². The van der Waals surface area contributed by atoms with Gasteiger partial charge >= 0.3 is 0 Å². The molecule has 3 heterocycles. The maximum Gasteiger partial charge on any atom is 0.233 e. The van der Waals surface area contributed by atoms with Gasteiger partial charge < -0.3 is 10.2 Å².